The number of hydrogen-bond acceptors (Lipinski definition) is 5. The van der Waals surface area contributed by atoms with Crippen molar-refractivity contribution in [3.05, 3.63) is 46.8 Å². The van der Waals surface area contributed by atoms with Crippen molar-refractivity contribution < 1.29 is 18.8 Å². The van der Waals surface area contributed by atoms with Gasteiger partial charge in [-0.05, 0) is 51.0 Å². The lowest BCUT2D eigenvalue weighted by Crippen LogP contribution is -2.32. The van der Waals surface area contributed by atoms with Gasteiger partial charge in [0, 0.05) is 31.6 Å². The lowest BCUT2D eigenvalue weighted by Gasteiger charge is -2.15. The Morgan fingerprint density at radius 1 is 1.19 bits per heavy atom. The molecule has 0 saturated carbocycles. The van der Waals surface area contributed by atoms with E-state index in [1.165, 1.54) is 0 Å². The Balaban J connectivity index is 1.45. The van der Waals surface area contributed by atoms with Gasteiger partial charge in [-0.25, -0.2) is 0 Å². The van der Waals surface area contributed by atoms with Crippen molar-refractivity contribution in [3.63, 3.8) is 0 Å². The zero-order valence-corrected chi connectivity index (χ0v) is 15.8. The molecular formula is C20H25N3O4. The average Bonchev–Trinajstić information content (AvgIpc) is 3.31. The second-order valence-corrected chi connectivity index (χ2v) is 6.71. The van der Waals surface area contributed by atoms with Crippen molar-refractivity contribution >= 4 is 11.8 Å². The summed E-state index contributed by atoms with van der Waals surface area (Å²) >= 11 is 0. The summed E-state index contributed by atoms with van der Waals surface area (Å²) < 4.78 is 10.8. The van der Waals surface area contributed by atoms with Crippen molar-refractivity contribution in [3.8, 4) is 5.75 Å². The highest BCUT2D eigenvalue weighted by Crippen LogP contribution is 2.18. The van der Waals surface area contributed by atoms with Gasteiger partial charge in [0.15, 0.2) is 0 Å². The molecule has 1 aromatic carbocycles. The molecule has 1 aromatic heterocycles. The molecule has 3 rings (SSSR count). The van der Waals surface area contributed by atoms with Crippen LogP contribution in [0.5, 0.6) is 5.75 Å². The first-order chi connectivity index (χ1) is 13.0. The lowest BCUT2D eigenvalue weighted by atomic mass is 10.2. The molecule has 0 unspecified atom stereocenters. The third kappa shape index (κ3) is 4.87. The fraction of sp³-hybridized carbons (Fsp3) is 0.450. The van der Waals surface area contributed by atoms with Gasteiger partial charge in [0.25, 0.3) is 5.91 Å². The van der Waals surface area contributed by atoms with Gasteiger partial charge < -0.3 is 19.5 Å². The van der Waals surface area contributed by atoms with E-state index in [2.05, 4.69) is 10.5 Å². The largest absolute Gasteiger partial charge is 0.489 e. The van der Waals surface area contributed by atoms with Crippen LogP contribution in [0.3, 0.4) is 0 Å². The molecule has 2 heterocycles. The van der Waals surface area contributed by atoms with E-state index in [1.54, 1.807) is 24.3 Å². The van der Waals surface area contributed by atoms with Gasteiger partial charge in [0.1, 0.15) is 18.1 Å². The molecule has 0 aliphatic carbocycles. The molecule has 0 atom stereocenters. The Morgan fingerprint density at radius 2 is 1.89 bits per heavy atom. The molecule has 1 N–H and O–H groups in total. The molecule has 0 radical (unpaired) electrons. The summed E-state index contributed by atoms with van der Waals surface area (Å²) in [6, 6.07) is 6.92. The zero-order chi connectivity index (χ0) is 19.2. The monoisotopic (exact) mass is 371 g/mol. The van der Waals surface area contributed by atoms with Crippen LogP contribution >= 0.6 is 0 Å². The van der Waals surface area contributed by atoms with Gasteiger partial charge in [0.05, 0.1) is 11.3 Å². The fourth-order valence-electron chi connectivity index (χ4n) is 3.08. The third-order valence-electron chi connectivity index (χ3n) is 4.76. The van der Waals surface area contributed by atoms with Gasteiger partial charge >= 0.3 is 0 Å². The highest BCUT2D eigenvalue weighted by atomic mass is 16.5. The van der Waals surface area contributed by atoms with E-state index in [9.17, 15) is 9.59 Å². The van der Waals surface area contributed by atoms with Crippen LogP contribution < -0.4 is 10.1 Å². The molecule has 1 aliphatic rings. The highest BCUT2D eigenvalue weighted by Gasteiger charge is 2.17. The summed E-state index contributed by atoms with van der Waals surface area (Å²) in [5.41, 5.74) is 2.28. The number of nitrogens with zero attached hydrogens (tertiary/aromatic N) is 2. The molecule has 1 aliphatic heterocycles. The number of rotatable bonds is 7. The Kier molecular flexibility index (Phi) is 6.11. The van der Waals surface area contributed by atoms with Crippen LogP contribution in [0, 0.1) is 13.8 Å². The molecule has 7 nitrogen and oxygen atoms in total. The van der Waals surface area contributed by atoms with Crippen LogP contribution in [-0.4, -0.2) is 41.5 Å². The Morgan fingerprint density at radius 3 is 2.52 bits per heavy atom. The third-order valence-corrected chi connectivity index (χ3v) is 4.76. The number of likely N-dealkylation sites (tertiary alicyclic amines) is 1. The lowest BCUT2D eigenvalue weighted by molar-refractivity contribution is -0.129. The van der Waals surface area contributed by atoms with E-state index in [1.807, 2.05) is 18.7 Å². The van der Waals surface area contributed by atoms with Crippen LogP contribution in [0.25, 0.3) is 0 Å². The number of aromatic nitrogens is 1. The molecule has 1 fully saturated rings. The minimum atomic E-state index is -0.193. The second kappa shape index (κ2) is 8.70. The maximum absolute atomic E-state index is 12.2. The molecule has 0 bridgehead atoms. The molecule has 144 valence electrons. The molecule has 27 heavy (non-hydrogen) atoms. The van der Waals surface area contributed by atoms with Crippen LogP contribution in [0.15, 0.2) is 28.8 Å². The van der Waals surface area contributed by atoms with Crippen molar-refractivity contribution in [1.82, 2.24) is 15.4 Å². The SMILES string of the molecule is Cc1noc(C)c1COc1ccc(C(=O)NCCC(=O)N2CCCC2)cc1. The second-order valence-electron chi connectivity index (χ2n) is 6.71. The van der Waals surface area contributed by atoms with Crippen molar-refractivity contribution in [2.24, 2.45) is 0 Å². The first-order valence-corrected chi connectivity index (χ1v) is 9.25. The number of ether oxygens (including phenoxy) is 1. The van der Waals surface area contributed by atoms with Crippen LogP contribution in [0.4, 0.5) is 0 Å². The Bertz CT molecular complexity index is 773. The van der Waals surface area contributed by atoms with E-state index in [4.69, 9.17) is 9.26 Å². The Labute approximate surface area is 158 Å². The molecular weight excluding hydrogens is 346 g/mol. The molecule has 2 aromatic rings. The quantitative estimate of drug-likeness (QED) is 0.809. The van der Waals surface area contributed by atoms with Gasteiger partial charge in [-0.1, -0.05) is 5.16 Å². The predicted molar refractivity (Wildman–Crippen MR) is 99.5 cm³/mol. The number of amides is 2. The number of aryl methyl sites for hydroxylation is 2. The zero-order valence-electron chi connectivity index (χ0n) is 15.8. The van der Waals surface area contributed by atoms with E-state index < -0.39 is 0 Å². The number of nitrogens with one attached hydrogen (secondary N) is 1. The molecule has 1 saturated heterocycles. The van der Waals surface area contributed by atoms with Gasteiger partial charge in [-0.15, -0.1) is 0 Å². The van der Waals surface area contributed by atoms with Gasteiger partial charge in [-0.2, -0.15) is 0 Å². The van der Waals surface area contributed by atoms with E-state index in [-0.39, 0.29) is 11.8 Å². The molecule has 2 amide bonds. The maximum Gasteiger partial charge on any atom is 0.251 e. The maximum atomic E-state index is 12.2. The smallest absolute Gasteiger partial charge is 0.251 e. The number of hydrogen-bond donors (Lipinski definition) is 1. The fourth-order valence-corrected chi connectivity index (χ4v) is 3.08. The summed E-state index contributed by atoms with van der Waals surface area (Å²) in [4.78, 5) is 26.0. The first-order valence-electron chi connectivity index (χ1n) is 9.25. The van der Waals surface area contributed by atoms with Gasteiger partial charge in [0.2, 0.25) is 5.91 Å². The first kappa shape index (κ1) is 18.9. The average molecular weight is 371 g/mol. The summed E-state index contributed by atoms with van der Waals surface area (Å²) in [5, 5.41) is 6.69. The van der Waals surface area contributed by atoms with E-state index in [0.29, 0.717) is 30.9 Å². The normalized spacial score (nSPS) is 13.6. The summed E-state index contributed by atoms with van der Waals surface area (Å²) in [5.74, 6) is 1.32. The van der Waals surface area contributed by atoms with Crippen molar-refractivity contribution in [2.75, 3.05) is 19.6 Å². The Hall–Kier alpha value is -2.83. The summed E-state index contributed by atoms with van der Waals surface area (Å²) in [6.07, 6.45) is 2.48. The number of carbonyl (C=O) groups is 2. The predicted octanol–water partition coefficient (Wildman–Crippen LogP) is 2.61. The number of benzene rings is 1. The standard InChI is InChI=1S/C20H25N3O4/c1-14-18(15(2)27-22-14)13-26-17-7-5-16(6-8-17)20(25)21-10-9-19(24)23-11-3-4-12-23/h5-8H,3-4,9-13H2,1-2H3,(H,21,25). The molecule has 0 spiro atoms. The van der Waals surface area contributed by atoms with E-state index in [0.717, 1.165) is 42.9 Å². The van der Waals surface area contributed by atoms with Gasteiger partial charge in [-0.3, -0.25) is 9.59 Å². The summed E-state index contributed by atoms with van der Waals surface area (Å²) in [6.45, 7) is 6.10. The van der Waals surface area contributed by atoms with E-state index >= 15 is 0 Å². The van der Waals surface area contributed by atoms with Crippen LogP contribution in [0.2, 0.25) is 0 Å². The number of carbonyl (C=O) groups excluding carboxylic acids is 2. The minimum absolute atomic E-state index is 0.107. The topological polar surface area (TPSA) is 84.7 Å². The summed E-state index contributed by atoms with van der Waals surface area (Å²) in [7, 11) is 0. The van der Waals surface area contributed by atoms with Crippen LogP contribution in [-0.2, 0) is 11.4 Å². The van der Waals surface area contributed by atoms with Crippen LogP contribution in [0.1, 0.15) is 46.6 Å². The minimum Gasteiger partial charge on any atom is -0.489 e. The highest BCUT2D eigenvalue weighted by molar-refractivity contribution is 5.94. The van der Waals surface area contributed by atoms with Crippen molar-refractivity contribution in [1.29, 1.82) is 0 Å². The molecule has 7 heteroatoms. The van der Waals surface area contributed by atoms with Crippen molar-refractivity contribution in [2.45, 2.75) is 39.7 Å².